The summed E-state index contributed by atoms with van der Waals surface area (Å²) in [5.41, 5.74) is 5.73. The second kappa shape index (κ2) is 9.73. The molecule has 0 aromatic heterocycles. The number of fused-ring (bicyclic) bond motifs is 3. The van der Waals surface area contributed by atoms with E-state index in [4.69, 9.17) is 4.74 Å². The molecule has 0 amide bonds. The normalized spacial score (nSPS) is 25.9. The molecule has 2 bridgehead atoms. The number of hydrogen-bond acceptors (Lipinski definition) is 4. The average molecular weight is 456 g/mol. The summed E-state index contributed by atoms with van der Waals surface area (Å²) in [4.78, 5) is 15.5. The van der Waals surface area contributed by atoms with Gasteiger partial charge in [0.2, 0.25) is 0 Å². The lowest BCUT2D eigenvalue weighted by Crippen LogP contribution is -2.64. The number of ether oxygens (including phenoxy) is 1. The number of nitrogens with zero attached hydrogens (tertiary/aromatic N) is 1. The SMILES string of the molecule is Cc1cc(C)cc(COC(=O)[C@@H]2CN3CC[C@H]2[C@H](O)[C@@H]3C(c2ccccc2)c2ccccc2)c1. The molecule has 5 atom stereocenters. The predicted octanol–water partition coefficient (Wildman–Crippen LogP) is 4.86. The smallest absolute Gasteiger partial charge is 0.310 e. The van der Waals surface area contributed by atoms with Gasteiger partial charge in [-0.25, -0.2) is 0 Å². The molecule has 0 saturated carbocycles. The van der Waals surface area contributed by atoms with Crippen LogP contribution >= 0.6 is 0 Å². The van der Waals surface area contributed by atoms with E-state index in [-0.39, 0.29) is 36.4 Å². The molecular formula is C30H33NO3. The fourth-order valence-corrected chi connectivity index (χ4v) is 6.12. The van der Waals surface area contributed by atoms with Crippen LogP contribution in [-0.4, -0.2) is 41.2 Å². The molecule has 3 heterocycles. The molecule has 4 heteroatoms. The van der Waals surface area contributed by atoms with Gasteiger partial charge in [0, 0.05) is 24.4 Å². The molecule has 3 fully saturated rings. The molecular weight excluding hydrogens is 422 g/mol. The Balaban J connectivity index is 1.36. The third-order valence-electron chi connectivity index (χ3n) is 7.53. The topological polar surface area (TPSA) is 49.8 Å². The molecule has 3 aromatic rings. The number of hydrogen-bond donors (Lipinski definition) is 1. The lowest BCUT2D eigenvalue weighted by Gasteiger charge is -2.54. The summed E-state index contributed by atoms with van der Waals surface area (Å²) in [6, 6.07) is 27.0. The van der Waals surface area contributed by atoms with Gasteiger partial charge in [-0.1, -0.05) is 90.0 Å². The van der Waals surface area contributed by atoms with E-state index in [0.717, 1.165) is 18.5 Å². The summed E-state index contributed by atoms with van der Waals surface area (Å²) in [5, 5.41) is 11.6. The molecule has 1 N–H and O–H groups in total. The Bertz CT molecular complexity index is 1070. The van der Waals surface area contributed by atoms with E-state index in [1.54, 1.807) is 0 Å². The van der Waals surface area contributed by atoms with E-state index in [1.807, 2.05) is 12.1 Å². The van der Waals surface area contributed by atoms with Crippen LogP contribution in [0.15, 0.2) is 78.9 Å². The third-order valence-corrected chi connectivity index (χ3v) is 7.53. The van der Waals surface area contributed by atoms with Gasteiger partial charge < -0.3 is 9.84 Å². The summed E-state index contributed by atoms with van der Waals surface area (Å²) in [7, 11) is 0. The maximum Gasteiger partial charge on any atom is 0.310 e. The first-order chi connectivity index (χ1) is 16.5. The molecule has 0 aliphatic carbocycles. The van der Waals surface area contributed by atoms with Crippen molar-refractivity contribution in [3.63, 3.8) is 0 Å². The summed E-state index contributed by atoms with van der Waals surface area (Å²) < 4.78 is 5.77. The first kappa shape index (κ1) is 22.8. The first-order valence-electron chi connectivity index (χ1n) is 12.3. The van der Waals surface area contributed by atoms with Gasteiger partial charge in [0.05, 0.1) is 12.0 Å². The van der Waals surface area contributed by atoms with Gasteiger partial charge in [-0.3, -0.25) is 9.69 Å². The molecule has 4 nitrogen and oxygen atoms in total. The number of benzene rings is 3. The summed E-state index contributed by atoms with van der Waals surface area (Å²) >= 11 is 0. The van der Waals surface area contributed by atoms with Gasteiger partial charge in [0.1, 0.15) is 6.61 Å². The van der Waals surface area contributed by atoms with Gasteiger partial charge in [-0.05, 0) is 43.5 Å². The molecule has 3 aliphatic heterocycles. The van der Waals surface area contributed by atoms with Crippen LogP contribution in [0.4, 0.5) is 0 Å². The van der Waals surface area contributed by atoms with Crippen LogP contribution in [0.2, 0.25) is 0 Å². The van der Waals surface area contributed by atoms with E-state index in [0.29, 0.717) is 6.54 Å². The molecule has 3 aromatic carbocycles. The third kappa shape index (κ3) is 4.53. The monoisotopic (exact) mass is 455 g/mol. The molecule has 0 radical (unpaired) electrons. The molecule has 176 valence electrons. The average Bonchev–Trinajstić information content (AvgIpc) is 2.85. The summed E-state index contributed by atoms with van der Waals surface area (Å²) in [6.45, 7) is 5.91. The molecule has 1 unspecified atom stereocenters. The largest absolute Gasteiger partial charge is 0.461 e. The zero-order chi connectivity index (χ0) is 23.7. The van der Waals surface area contributed by atoms with Crippen molar-refractivity contribution < 1.29 is 14.6 Å². The van der Waals surface area contributed by atoms with Gasteiger partial charge in [-0.2, -0.15) is 0 Å². The highest BCUT2D eigenvalue weighted by atomic mass is 16.5. The number of carbonyl (C=O) groups is 1. The summed E-state index contributed by atoms with van der Waals surface area (Å²) in [5.74, 6) is -0.524. The van der Waals surface area contributed by atoms with Gasteiger partial charge in [0.15, 0.2) is 0 Å². The van der Waals surface area contributed by atoms with Crippen LogP contribution in [0.3, 0.4) is 0 Å². The minimum absolute atomic E-state index is 0.0486. The van der Waals surface area contributed by atoms with Crippen molar-refractivity contribution in [1.29, 1.82) is 0 Å². The number of carbonyl (C=O) groups excluding carboxylic acids is 1. The van der Waals surface area contributed by atoms with Crippen LogP contribution < -0.4 is 0 Å². The van der Waals surface area contributed by atoms with Crippen LogP contribution in [0, 0.1) is 25.7 Å². The number of piperidine rings is 3. The second-order valence-corrected chi connectivity index (χ2v) is 9.94. The Hall–Kier alpha value is -2.95. The Morgan fingerprint density at radius 3 is 2.12 bits per heavy atom. The number of aryl methyl sites for hydroxylation is 2. The van der Waals surface area contributed by atoms with Crippen LogP contribution in [0.1, 0.15) is 40.2 Å². The van der Waals surface area contributed by atoms with E-state index in [9.17, 15) is 9.90 Å². The molecule has 6 rings (SSSR count). The maximum absolute atomic E-state index is 13.1. The highest BCUT2D eigenvalue weighted by Gasteiger charge is 2.52. The standard InChI is InChI=1S/C30H33NO3/c1-20-15-21(2)17-22(16-20)19-34-30(33)26-18-31-14-13-25(26)29(32)28(31)27(23-9-5-3-6-10-23)24-11-7-4-8-12-24/h3-12,15-17,25-29,32H,13-14,18-19H2,1-2H3/t25-,26-,28+,29+/m1/s1. The maximum atomic E-state index is 13.1. The van der Waals surface area contributed by atoms with Gasteiger partial charge in [0.25, 0.3) is 0 Å². The fourth-order valence-electron chi connectivity index (χ4n) is 6.12. The quantitative estimate of drug-likeness (QED) is 0.540. The minimum Gasteiger partial charge on any atom is -0.461 e. The second-order valence-electron chi connectivity index (χ2n) is 9.94. The van der Waals surface area contributed by atoms with Gasteiger partial charge >= 0.3 is 5.97 Å². The Morgan fingerprint density at radius 1 is 0.971 bits per heavy atom. The number of esters is 1. The van der Waals surface area contributed by atoms with Crippen molar-refractivity contribution in [2.45, 2.75) is 44.9 Å². The predicted molar refractivity (Wildman–Crippen MR) is 133 cm³/mol. The lowest BCUT2D eigenvalue weighted by atomic mass is 9.68. The zero-order valence-corrected chi connectivity index (χ0v) is 19.9. The van der Waals surface area contributed by atoms with Crippen molar-refractivity contribution in [1.82, 2.24) is 4.90 Å². The van der Waals surface area contributed by atoms with E-state index < -0.39 is 6.10 Å². The van der Waals surface area contributed by atoms with Crippen LogP contribution in [-0.2, 0) is 16.1 Å². The Morgan fingerprint density at radius 2 is 1.56 bits per heavy atom. The highest BCUT2D eigenvalue weighted by Crippen LogP contribution is 2.44. The highest BCUT2D eigenvalue weighted by molar-refractivity contribution is 5.73. The molecule has 34 heavy (non-hydrogen) atoms. The van der Waals surface area contributed by atoms with Crippen molar-refractivity contribution in [3.8, 4) is 0 Å². The van der Waals surface area contributed by atoms with Crippen molar-refractivity contribution >= 4 is 5.97 Å². The zero-order valence-electron chi connectivity index (χ0n) is 19.9. The summed E-state index contributed by atoms with van der Waals surface area (Å²) in [6.07, 6.45) is 0.226. The Labute approximate surface area is 202 Å². The van der Waals surface area contributed by atoms with Crippen molar-refractivity contribution in [3.05, 3.63) is 107 Å². The Kier molecular flexibility index (Phi) is 6.53. The lowest BCUT2D eigenvalue weighted by molar-refractivity contribution is -0.169. The van der Waals surface area contributed by atoms with Crippen molar-refractivity contribution in [2.75, 3.05) is 13.1 Å². The minimum atomic E-state index is -0.591. The molecule has 3 saturated heterocycles. The van der Waals surface area contributed by atoms with E-state index in [2.05, 4.69) is 85.5 Å². The van der Waals surface area contributed by atoms with Crippen LogP contribution in [0.5, 0.6) is 0 Å². The molecule has 3 aliphatic rings. The molecule has 0 spiro atoms. The number of rotatable bonds is 6. The number of aliphatic hydroxyl groups excluding tert-OH is 1. The van der Waals surface area contributed by atoms with E-state index >= 15 is 0 Å². The van der Waals surface area contributed by atoms with E-state index in [1.165, 1.54) is 22.3 Å². The van der Waals surface area contributed by atoms with Crippen LogP contribution in [0.25, 0.3) is 0 Å². The van der Waals surface area contributed by atoms with Gasteiger partial charge in [-0.15, -0.1) is 0 Å². The fraction of sp³-hybridized carbons (Fsp3) is 0.367. The number of aliphatic hydroxyl groups is 1. The van der Waals surface area contributed by atoms with Crippen molar-refractivity contribution in [2.24, 2.45) is 11.8 Å². The first-order valence-corrected chi connectivity index (χ1v) is 12.3.